The number of aryl methyl sites for hydroxylation is 1. The third-order valence-corrected chi connectivity index (χ3v) is 4.01. The van der Waals surface area contributed by atoms with E-state index in [-0.39, 0.29) is 0 Å². The van der Waals surface area contributed by atoms with Gasteiger partial charge in [0.05, 0.1) is 0 Å². The highest BCUT2D eigenvalue weighted by Gasteiger charge is 2.30. The normalized spacial score (nSPS) is 16.9. The SMILES string of the molecule is CCNC(CN(CC(C)C)C1CC1)c1ccc(C)cc1. The fourth-order valence-corrected chi connectivity index (χ4v) is 2.85. The van der Waals surface area contributed by atoms with Gasteiger partial charge in [-0.2, -0.15) is 0 Å². The quantitative estimate of drug-likeness (QED) is 0.776. The van der Waals surface area contributed by atoms with Crippen molar-refractivity contribution in [2.75, 3.05) is 19.6 Å². The summed E-state index contributed by atoms with van der Waals surface area (Å²) in [5.41, 5.74) is 2.76. The number of likely N-dealkylation sites (N-methyl/N-ethyl adjacent to an activating group) is 1. The van der Waals surface area contributed by atoms with Crippen molar-refractivity contribution in [1.29, 1.82) is 0 Å². The second-order valence-corrected chi connectivity index (χ2v) is 6.60. The van der Waals surface area contributed by atoms with E-state index in [0.29, 0.717) is 6.04 Å². The highest BCUT2D eigenvalue weighted by atomic mass is 15.2. The third-order valence-electron chi connectivity index (χ3n) is 4.01. The van der Waals surface area contributed by atoms with E-state index < -0.39 is 0 Å². The summed E-state index contributed by atoms with van der Waals surface area (Å²) < 4.78 is 0. The molecule has 1 aliphatic rings. The van der Waals surface area contributed by atoms with Gasteiger partial charge in [-0.05, 0) is 37.8 Å². The zero-order valence-electron chi connectivity index (χ0n) is 13.5. The van der Waals surface area contributed by atoms with E-state index in [0.717, 1.165) is 25.0 Å². The van der Waals surface area contributed by atoms with Crippen LogP contribution in [0.25, 0.3) is 0 Å². The van der Waals surface area contributed by atoms with Crippen LogP contribution in [-0.2, 0) is 0 Å². The first-order valence-corrected chi connectivity index (χ1v) is 8.14. The van der Waals surface area contributed by atoms with Crippen LogP contribution in [0.2, 0.25) is 0 Å². The first-order valence-electron chi connectivity index (χ1n) is 8.14. The summed E-state index contributed by atoms with van der Waals surface area (Å²) in [7, 11) is 0. The van der Waals surface area contributed by atoms with Gasteiger partial charge in [-0.1, -0.05) is 50.6 Å². The maximum absolute atomic E-state index is 3.66. The molecule has 0 heterocycles. The van der Waals surface area contributed by atoms with Gasteiger partial charge in [0.15, 0.2) is 0 Å². The maximum atomic E-state index is 3.66. The molecule has 0 spiro atoms. The highest BCUT2D eigenvalue weighted by molar-refractivity contribution is 5.24. The Hall–Kier alpha value is -0.860. The van der Waals surface area contributed by atoms with Gasteiger partial charge < -0.3 is 5.32 Å². The van der Waals surface area contributed by atoms with Crippen LogP contribution in [-0.4, -0.2) is 30.6 Å². The molecule has 2 rings (SSSR count). The van der Waals surface area contributed by atoms with Crippen molar-refractivity contribution >= 4 is 0 Å². The van der Waals surface area contributed by atoms with Crippen molar-refractivity contribution in [3.05, 3.63) is 35.4 Å². The lowest BCUT2D eigenvalue weighted by atomic mass is 10.0. The van der Waals surface area contributed by atoms with E-state index in [4.69, 9.17) is 0 Å². The van der Waals surface area contributed by atoms with Crippen molar-refractivity contribution in [3.63, 3.8) is 0 Å². The molecule has 1 aromatic carbocycles. The molecule has 1 aromatic rings. The van der Waals surface area contributed by atoms with Crippen LogP contribution in [0, 0.1) is 12.8 Å². The number of nitrogens with one attached hydrogen (secondary N) is 1. The molecule has 0 saturated heterocycles. The molecule has 0 radical (unpaired) electrons. The average Bonchev–Trinajstić information content (AvgIpc) is 3.22. The first kappa shape index (κ1) is 15.5. The first-order chi connectivity index (χ1) is 9.60. The largest absolute Gasteiger partial charge is 0.309 e. The van der Waals surface area contributed by atoms with Crippen molar-refractivity contribution in [1.82, 2.24) is 10.2 Å². The topological polar surface area (TPSA) is 15.3 Å². The molecule has 0 amide bonds. The Balaban J connectivity index is 2.04. The zero-order chi connectivity index (χ0) is 14.5. The summed E-state index contributed by atoms with van der Waals surface area (Å²) in [6, 6.07) is 10.3. The van der Waals surface area contributed by atoms with Crippen LogP contribution in [0.4, 0.5) is 0 Å². The fraction of sp³-hybridized carbons (Fsp3) is 0.667. The molecule has 0 aliphatic heterocycles. The smallest absolute Gasteiger partial charge is 0.0449 e. The molecule has 1 unspecified atom stereocenters. The lowest BCUT2D eigenvalue weighted by Gasteiger charge is -2.29. The molecule has 1 saturated carbocycles. The standard InChI is InChI=1S/C18H30N2/c1-5-19-18(16-8-6-15(4)7-9-16)13-20(12-14(2)3)17-10-11-17/h6-9,14,17-19H,5,10-13H2,1-4H3. The zero-order valence-corrected chi connectivity index (χ0v) is 13.5. The second-order valence-electron chi connectivity index (χ2n) is 6.60. The molecule has 1 atom stereocenters. The second kappa shape index (κ2) is 7.24. The minimum Gasteiger partial charge on any atom is -0.309 e. The molecule has 2 nitrogen and oxygen atoms in total. The van der Waals surface area contributed by atoms with Crippen molar-refractivity contribution in [2.24, 2.45) is 5.92 Å². The van der Waals surface area contributed by atoms with E-state index >= 15 is 0 Å². The Morgan fingerprint density at radius 1 is 1.15 bits per heavy atom. The van der Waals surface area contributed by atoms with Gasteiger partial charge in [0.2, 0.25) is 0 Å². The van der Waals surface area contributed by atoms with Crippen molar-refractivity contribution in [3.8, 4) is 0 Å². The molecule has 0 bridgehead atoms. The van der Waals surface area contributed by atoms with E-state index in [9.17, 15) is 0 Å². The van der Waals surface area contributed by atoms with Gasteiger partial charge in [-0.3, -0.25) is 4.90 Å². The predicted octanol–water partition coefficient (Wildman–Crippen LogP) is 3.77. The van der Waals surface area contributed by atoms with Crippen LogP contribution in [0.3, 0.4) is 0 Å². The molecule has 2 heteroatoms. The Morgan fingerprint density at radius 3 is 2.30 bits per heavy atom. The Labute approximate surface area is 124 Å². The summed E-state index contributed by atoms with van der Waals surface area (Å²) in [6.45, 7) is 12.4. The van der Waals surface area contributed by atoms with Gasteiger partial charge in [0.1, 0.15) is 0 Å². The molecule has 1 N–H and O–H groups in total. The van der Waals surface area contributed by atoms with Crippen LogP contribution < -0.4 is 5.32 Å². The van der Waals surface area contributed by atoms with Crippen molar-refractivity contribution < 1.29 is 0 Å². The number of benzene rings is 1. The van der Waals surface area contributed by atoms with Gasteiger partial charge in [0, 0.05) is 25.2 Å². The highest BCUT2D eigenvalue weighted by Crippen LogP contribution is 2.29. The molecule has 20 heavy (non-hydrogen) atoms. The van der Waals surface area contributed by atoms with E-state index in [2.05, 4.69) is 62.2 Å². The Kier molecular flexibility index (Phi) is 5.62. The number of nitrogens with zero attached hydrogens (tertiary/aromatic N) is 1. The molecule has 112 valence electrons. The summed E-state index contributed by atoms with van der Waals surface area (Å²) in [5.74, 6) is 0.746. The summed E-state index contributed by atoms with van der Waals surface area (Å²) in [4.78, 5) is 2.69. The molecule has 1 aliphatic carbocycles. The summed E-state index contributed by atoms with van der Waals surface area (Å²) in [6.07, 6.45) is 2.78. The van der Waals surface area contributed by atoms with Crippen LogP contribution in [0.5, 0.6) is 0 Å². The van der Waals surface area contributed by atoms with E-state index in [1.807, 2.05) is 0 Å². The Bertz CT molecular complexity index is 392. The molecule has 1 fully saturated rings. The minimum absolute atomic E-state index is 0.458. The maximum Gasteiger partial charge on any atom is 0.0449 e. The number of hydrogen-bond donors (Lipinski definition) is 1. The Morgan fingerprint density at radius 2 is 1.80 bits per heavy atom. The summed E-state index contributed by atoms with van der Waals surface area (Å²) >= 11 is 0. The lowest BCUT2D eigenvalue weighted by Crippen LogP contribution is -2.38. The van der Waals surface area contributed by atoms with Crippen LogP contribution in [0.1, 0.15) is 50.8 Å². The number of hydrogen-bond acceptors (Lipinski definition) is 2. The molecular weight excluding hydrogens is 244 g/mol. The minimum atomic E-state index is 0.458. The van der Waals surface area contributed by atoms with E-state index in [1.165, 1.54) is 30.5 Å². The van der Waals surface area contributed by atoms with Gasteiger partial charge in [-0.25, -0.2) is 0 Å². The number of rotatable bonds is 8. The van der Waals surface area contributed by atoms with Crippen molar-refractivity contribution in [2.45, 2.75) is 52.6 Å². The van der Waals surface area contributed by atoms with Gasteiger partial charge in [0.25, 0.3) is 0 Å². The lowest BCUT2D eigenvalue weighted by molar-refractivity contribution is 0.210. The predicted molar refractivity (Wildman–Crippen MR) is 87.0 cm³/mol. The van der Waals surface area contributed by atoms with E-state index in [1.54, 1.807) is 0 Å². The third kappa shape index (κ3) is 4.60. The van der Waals surface area contributed by atoms with Crippen LogP contribution >= 0.6 is 0 Å². The van der Waals surface area contributed by atoms with Gasteiger partial charge >= 0.3 is 0 Å². The van der Waals surface area contributed by atoms with Gasteiger partial charge in [-0.15, -0.1) is 0 Å². The molecular formula is C18H30N2. The molecule has 0 aromatic heterocycles. The van der Waals surface area contributed by atoms with Crippen LogP contribution in [0.15, 0.2) is 24.3 Å². The average molecular weight is 274 g/mol. The summed E-state index contributed by atoms with van der Waals surface area (Å²) in [5, 5.41) is 3.66. The fourth-order valence-electron chi connectivity index (χ4n) is 2.85. The monoisotopic (exact) mass is 274 g/mol.